The molecule has 4 heavy (non-hydrogen) atoms. The second kappa shape index (κ2) is 21.6. The van der Waals surface area contributed by atoms with Crippen molar-refractivity contribution in [3.8, 4) is 0 Å². The van der Waals surface area contributed by atoms with Crippen LogP contribution < -0.4 is 10.5 Å². The van der Waals surface area contributed by atoms with E-state index < -0.39 is 0 Å². The molecule has 0 aromatic heterocycles. The maximum Gasteiger partial charge on any atom is -1.00 e. The van der Waals surface area contributed by atoms with E-state index in [1.807, 2.05) is 0 Å². The van der Waals surface area contributed by atoms with Crippen LogP contribution in [0.5, 0.6) is 0 Å². The zero-order valence-electron chi connectivity index (χ0n) is 1.52. The predicted molar refractivity (Wildman–Crippen MR) is 12.9 cm³/mol. The Bertz CT molecular complexity index is 6.00. The molecule has 0 amide bonds. The molecule has 0 aromatic rings. The largest absolute Gasteiger partial charge is 1.00 e. The second-order valence-electron chi connectivity index (χ2n) is 0. The van der Waals surface area contributed by atoms with Gasteiger partial charge >= 0.3 is 56.6 Å². The molecule has 2 nitrogen and oxygen atoms in total. The first-order valence-electron chi connectivity index (χ1n) is 0.167. The Kier molecular flexibility index (Phi) is 92.2. The Morgan fingerprint density at radius 3 is 1.00 bits per heavy atom. The molecule has 0 atom stereocenters. The van der Waals surface area contributed by atoms with E-state index in [2.05, 4.69) is 0 Å². The zero-order valence-corrected chi connectivity index (χ0v) is 3.73. The van der Waals surface area contributed by atoms with Crippen LogP contribution in [-0.2, 0) is 0 Å². The fraction of sp³-hybridized carbons (Fsp3) is 0. The molecule has 0 unspecified atom stereocenters. The minimum Gasteiger partial charge on any atom is -1.00 e. The van der Waals surface area contributed by atoms with Crippen LogP contribution in [0.1, 0.15) is 0 Å². The Balaban J connectivity index is -0.00000000500. The van der Waals surface area contributed by atoms with Crippen LogP contribution in [0.2, 0.25) is 0 Å². The van der Waals surface area contributed by atoms with Crippen molar-refractivity contribution in [2.45, 2.75) is 0 Å². The first-order valence-corrected chi connectivity index (χ1v) is 0.167. The SMILES string of the molecule is [Ca+2].[LiH].[O-][O-]. The molecule has 0 N–H and O–H groups in total. The summed E-state index contributed by atoms with van der Waals surface area (Å²) < 4.78 is 0. The van der Waals surface area contributed by atoms with E-state index in [0.29, 0.717) is 0 Å². The first-order chi connectivity index (χ1) is 1.00. The molecule has 0 bridgehead atoms. The third kappa shape index (κ3) is 9.22. The molecule has 0 saturated carbocycles. The number of rotatable bonds is 0. The molecule has 4 heteroatoms. The third-order valence-corrected chi connectivity index (χ3v) is 0. The molecule has 0 saturated heterocycles. The molecule has 0 fully saturated rings. The molecule has 0 aliphatic heterocycles. The Labute approximate surface area is 66.3 Å². The van der Waals surface area contributed by atoms with Gasteiger partial charge in [0.2, 0.25) is 0 Å². The summed E-state index contributed by atoms with van der Waals surface area (Å²) in [6, 6.07) is 0. The smallest absolute Gasteiger partial charge is 1.00 e. The van der Waals surface area contributed by atoms with Crippen LogP contribution in [0, 0.1) is 0 Å². The molecule has 0 heterocycles. The summed E-state index contributed by atoms with van der Waals surface area (Å²) >= 11 is 0. The minimum atomic E-state index is 0. The van der Waals surface area contributed by atoms with Crippen LogP contribution in [-0.4, -0.2) is 56.6 Å². The molecule has 0 spiro atoms. The molecular weight excluding hydrogens is 79.0 g/mol. The van der Waals surface area contributed by atoms with Gasteiger partial charge in [0.15, 0.2) is 0 Å². The normalized spacial score (nSPS) is 1.50. The average Bonchev–Trinajstić information content (AvgIpc) is 1.00. The average molecular weight is 80.0 g/mol. The predicted octanol–water partition coefficient (Wildman–Crippen LogP) is -3.41. The Morgan fingerprint density at radius 2 is 1.00 bits per heavy atom. The summed E-state index contributed by atoms with van der Waals surface area (Å²) in [6.45, 7) is 0. The summed E-state index contributed by atoms with van der Waals surface area (Å²) in [5.41, 5.74) is 0. The monoisotopic (exact) mass is 80.0 g/mol. The van der Waals surface area contributed by atoms with Crippen molar-refractivity contribution in [1.29, 1.82) is 0 Å². The fourth-order valence-corrected chi connectivity index (χ4v) is 0. The van der Waals surface area contributed by atoms with Crippen molar-refractivity contribution in [2.75, 3.05) is 0 Å². The van der Waals surface area contributed by atoms with Gasteiger partial charge < -0.3 is 10.5 Å². The van der Waals surface area contributed by atoms with Gasteiger partial charge in [-0.15, -0.1) is 0 Å². The maximum absolute atomic E-state index is 7.00. The van der Waals surface area contributed by atoms with Crippen molar-refractivity contribution in [1.82, 2.24) is 0 Å². The van der Waals surface area contributed by atoms with Crippen LogP contribution in [0.4, 0.5) is 0 Å². The van der Waals surface area contributed by atoms with Gasteiger partial charge in [0, 0.05) is 0 Å². The van der Waals surface area contributed by atoms with Gasteiger partial charge in [0.05, 0.1) is 0 Å². The Hall–Kier alpha value is 1.78. The van der Waals surface area contributed by atoms with E-state index in [0.717, 1.165) is 0 Å². The number of hydrogen-bond acceptors (Lipinski definition) is 2. The van der Waals surface area contributed by atoms with Crippen molar-refractivity contribution in [3.63, 3.8) is 0 Å². The van der Waals surface area contributed by atoms with Crippen molar-refractivity contribution in [2.24, 2.45) is 0 Å². The van der Waals surface area contributed by atoms with Crippen LogP contribution in [0.3, 0.4) is 0 Å². The molecule has 0 aliphatic rings. The third-order valence-electron chi connectivity index (χ3n) is 0. The van der Waals surface area contributed by atoms with Gasteiger partial charge in [-0.3, -0.25) is 0 Å². The van der Waals surface area contributed by atoms with Gasteiger partial charge in [-0.25, -0.2) is 0 Å². The van der Waals surface area contributed by atoms with Crippen LogP contribution in [0.25, 0.3) is 0 Å². The summed E-state index contributed by atoms with van der Waals surface area (Å²) in [5.74, 6) is 0. The molecule has 0 aliphatic carbocycles. The molecule has 0 radical (unpaired) electrons. The van der Waals surface area contributed by atoms with Gasteiger partial charge in [0.1, 0.15) is 0 Å². The van der Waals surface area contributed by atoms with Gasteiger partial charge in [-0.2, -0.15) is 0 Å². The second-order valence-corrected chi connectivity index (χ2v) is 0. The summed E-state index contributed by atoms with van der Waals surface area (Å²) in [5, 5.41) is 14.0. The Morgan fingerprint density at radius 1 is 1.00 bits per heavy atom. The van der Waals surface area contributed by atoms with E-state index in [9.17, 15) is 0 Å². The van der Waals surface area contributed by atoms with E-state index in [1.165, 1.54) is 0 Å². The summed E-state index contributed by atoms with van der Waals surface area (Å²) in [4.78, 5) is 0. The van der Waals surface area contributed by atoms with Gasteiger partial charge in [0.25, 0.3) is 0 Å². The van der Waals surface area contributed by atoms with Crippen LogP contribution >= 0.6 is 0 Å². The van der Waals surface area contributed by atoms with E-state index in [-0.39, 0.29) is 56.6 Å². The van der Waals surface area contributed by atoms with Crippen molar-refractivity contribution in [3.05, 3.63) is 0 Å². The van der Waals surface area contributed by atoms with E-state index in [4.69, 9.17) is 10.5 Å². The van der Waals surface area contributed by atoms with Gasteiger partial charge in [-0.05, 0) is 0 Å². The summed E-state index contributed by atoms with van der Waals surface area (Å²) in [6.07, 6.45) is 0. The van der Waals surface area contributed by atoms with E-state index in [1.54, 1.807) is 0 Å². The first kappa shape index (κ1) is 17.1. The summed E-state index contributed by atoms with van der Waals surface area (Å²) in [7, 11) is 0. The van der Waals surface area contributed by atoms with Crippen molar-refractivity contribution < 1.29 is 10.5 Å². The maximum atomic E-state index is 7.00. The van der Waals surface area contributed by atoms with E-state index >= 15 is 0 Å². The molecule has 16 valence electrons. The topological polar surface area (TPSA) is 46.1 Å². The van der Waals surface area contributed by atoms with Gasteiger partial charge in [-0.1, -0.05) is 0 Å². The standard InChI is InChI=1S/Ca.Li.O2.H/c;;1-2;/q+2;;-2;. The van der Waals surface area contributed by atoms with Crippen LogP contribution in [0.15, 0.2) is 0 Å². The quantitative estimate of drug-likeness (QED) is 0.173. The molecule has 0 aromatic carbocycles. The zero-order chi connectivity index (χ0) is 2.00. The molecule has 0 rings (SSSR count). The molecular formula is HCaLiO2. The van der Waals surface area contributed by atoms with Crippen molar-refractivity contribution >= 4 is 56.6 Å². The minimum absolute atomic E-state index is 0. The number of hydrogen-bond donors (Lipinski definition) is 0. The fourth-order valence-electron chi connectivity index (χ4n) is 0.